The molecular formula is C23H20ClF3N4O3. The predicted octanol–water partition coefficient (Wildman–Crippen LogP) is 4.96. The zero-order chi connectivity index (χ0) is 24.3. The Balaban J connectivity index is 1.55. The number of aromatic nitrogens is 1. The van der Waals surface area contributed by atoms with Crippen LogP contribution in [0.4, 0.5) is 36.1 Å². The van der Waals surface area contributed by atoms with E-state index in [1.54, 1.807) is 18.2 Å². The molecule has 1 unspecified atom stereocenters. The molecule has 11 heteroatoms. The fraction of sp³-hybridized carbons (Fsp3) is 0.217. The molecule has 3 N–H and O–H groups in total. The van der Waals surface area contributed by atoms with Gasteiger partial charge in [0, 0.05) is 42.3 Å². The zero-order valence-corrected chi connectivity index (χ0v) is 18.4. The van der Waals surface area contributed by atoms with Gasteiger partial charge in [0.05, 0.1) is 17.4 Å². The highest BCUT2D eigenvalue weighted by Crippen LogP contribution is 2.31. The molecule has 1 aliphatic heterocycles. The van der Waals surface area contributed by atoms with Gasteiger partial charge in [-0.3, -0.25) is 4.79 Å². The van der Waals surface area contributed by atoms with Crippen LogP contribution in [0.2, 0.25) is 0 Å². The van der Waals surface area contributed by atoms with Crippen molar-refractivity contribution in [1.82, 2.24) is 4.98 Å². The van der Waals surface area contributed by atoms with E-state index >= 15 is 0 Å². The molecule has 7 nitrogen and oxygen atoms in total. The Labute approximate surface area is 198 Å². The molecule has 3 aromatic rings. The van der Waals surface area contributed by atoms with Crippen molar-refractivity contribution >= 4 is 40.4 Å². The van der Waals surface area contributed by atoms with Crippen LogP contribution in [0.5, 0.6) is 5.75 Å². The predicted molar refractivity (Wildman–Crippen MR) is 123 cm³/mol. The molecule has 1 saturated heterocycles. The Bertz CT molecular complexity index is 1160. The molecule has 0 spiro atoms. The molecule has 0 saturated carbocycles. The van der Waals surface area contributed by atoms with Gasteiger partial charge < -0.3 is 25.4 Å². The lowest BCUT2D eigenvalue weighted by Crippen LogP contribution is -2.24. The third kappa shape index (κ3) is 6.09. The van der Waals surface area contributed by atoms with Crippen LogP contribution in [-0.4, -0.2) is 40.8 Å². The number of aliphatic hydroxyl groups is 1. The normalized spacial score (nSPS) is 15.8. The summed E-state index contributed by atoms with van der Waals surface area (Å²) < 4.78 is 43.0. The van der Waals surface area contributed by atoms with Gasteiger partial charge >= 0.3 is 5.57 Å². The van der Waals surface area contributed by atoms with Crippen LogP contribution in [0.25, 0.3) is 0 Å². The van der Waals surface area contributed by atoms with Gasteiger partial charge in [-0.1, -0.05) is 0 Å². The number of nitrogens with one attached hydrogen (secondary N) is 2. The summed E-state index contributed by atoms with van der Waals surface area (Å²) in [7, 11) is 0. The number of hydrogen-bond donors (Lipinski definition) is 3. The van der Waals surface area contributed by atoms with Crippen LogP contribution < -0.4 is 20.3 Å². The first-order valence-electron chi connectivity index (χ1n) is 10.3. The van der Waals surface area contributed by atoms with Crippen molar-refractivity contribution in [2.45, 2.75) is 18.1 Å². The maximum absolute atomic E-state index is 13.3. The number of ether oxygens (including phenoxy) is 1. The van der Waals surface area contributed by atoms with Gasteiger partial charge in [0.2, 0.25) is 0 Å². The standard InChI is InChI=1S/C23H20ClF3N4O3/c24-23(26,27)34-19-7-5-17(6-8-19)30-22(33)14-11-20(29-16-3-1-15(25)2-4-16)21(28-12-14)31-10-9-18(32)13-31/h1-8,11-12,18,29,32H,9-10,13H2,(H,30,33). The number of β-amino-alcohol motifs (C(OH)–C–C–N with tert-alkyl or cyclic N) is 1. The molecule has 2 heterocycles. The van der Waals surface area contributed by atoms with E-state index in [-0.39, 0.29) is 17.1 Å². The third-order valence-corrected chi connectivity index (χ3v) is 5.14. The van der Waals surface area contributed by atoms with Crippen LogP contribution >= 0.6 is 11.6 Å². The molecule has 1 aromatic heterocycles. The Hall–Kier alpha value is -3.50. The number of pyridine rings is 1. The van der Waals surface area contributed by atoms with Gasteiger partial charge in [0.1, 0.15) is 11.6 Å². The van der Waals surface area contributed by atoms with E-state index in [1.165, 1.54) is 42.6 Å². The van der Waals surface area contributed by atoms with Gasteiger partial charge in [-0.05, 0) is 61.0 Å². The largest absolute Gasteiger partial charge is 0.487 e. The van der Waals surface area contributed by atoms with Crippen LogP contribution in [0.15, 0.2) is 60.8 Å². The molecule has 1 aliphatic rings. The van der Waals surface area contributed by atoms with Gasteiger partial charge in [0.15, 0.2) is 5.82 Å². The first kappa shape index (κ1) is 23.7. The van der Waals surface area contributed by atoms with Crippen molar-refractivity contribution in [3.05, 3.63) is 72.2 Å². The Morgan fingerprint density at radius 1 is 1.15 bits per heavy atom. The Morgan fingerprint density at radius 2 is 1.82 bits per heavy atom. The number of aliphatic hydroxyl groups excluding tert-OH is 1. The number of benzene rings is 2. The second-order valence-electron chi connectivity index (χ2n) is 7.64. The number of carbonyl (C=O) groups is 1. The Morgan fingerprint density at radius 3 is 2.44 bits per heavy atom. The fourth-order valence-corrected chi connectivity index (χ4v) is 3.58. The first-order chi connectivity index (χ1) is 16.2. The lowest BCUT2D eigenvalue weighted by Gasteiger charge is -2.21. The number of nitrogens with zero attached hydrogens (tertiary/aromatic N) is 2. The van der Waals surface area contributed by atoms with Gasteiger partial charge in [-0.25, -0.2) is 9.37 Å². The number of halogens is 4. The minimum Gasteiger partial charge on any atom is -0.420 e. The molecular weight excluding hydrogens is 473 g/mol. The van der Waals surface area contributed by atoms with Gasteiger partial charge in [0.25, 0.3) is 5.91 Å². The molecule has 1 amide bonds. The van der Waals surface area contributed by atoms with E-state index in [0.29, 0.717) is 42.4 Å². The summed E-state index contributed by atoms with van der Waals surface area (Å²) in [6.45, 7) is 0.986. The van der Waals surface area contributed by atoms with Crippen molar-refractivity contribution in [2.24, 2.45) is 0 Å². The second kappa shape index (κ2) is 9.78. The summed E-state index contributed by atoms with van der Waals surface area (Å²) in [5, 5.41) is 15.7. The third-order valence-electron chi connectivity index (χ3n) is 5.06. The van der Waals surface area contributed by atoms with Crippen LogP contribution in [0.1, 0.15) is 16.8 Å². The lowest BCUT2D eigenvalue weighted by molar-refractivity contribution is -0.0964. The number of amides is 1. The molecule has 0 aliphatic carbocycles. The summed E-state index contributed by atoms with van der Waals surface area (Å²) in [4.78, 5) is 19.1. The minimum atomic E-state index is -3.84. The number of carbonyl (C=O) groups excluding carboxylic acids is 1. The van der Waals surface area contributed by atoms with Crippen molar-refractivity contribution < 1.29 is 27.8 Å². The highest BCUT2D eigenvalue weighted by atomic mass is 35.5. The molecule has 34 heavy (non-hydrogen) atoms. The summed E-state index contributed by atoms with van der Waals surface area (Å²) in [6.07, 6.45) is 1.51. The summed E-state index contributed by atoms with van der Waals surface area (Å²) >= 11 is 4.75. The van der Waals surface area contributed by atoms with Crippen molar-refractivity contribution in [3.8, 4) is 5.75 Å². The van der Waals surface area contributed by atoms with E-state index in [4.69, 9.17) is 11.6 Å². The van der Waals surface area contributed by atoms with E-state index in [1.807, 2.05) is 4.90 Å². The average Bonchev–Trinajstić information content (AvgIpc) is 3.21. The van der Waals surface area contributed by atoms with Crippen molar-refractivity contribution in [2.75, 3.05) is 28.6 Å². The van der Waals surface area contributed by atoms with E-state index in [9.17, 15) is 23.1 Å². The number of rotatable bonds is 7. The highest BCUT2D eigenvalue weighted by molar-refractivity contribution is 6.20. The monoisotopic (exact) mass is 492 g/mol. The highest BCUT2D eigenvalue weighted by Gasteiger charge is 2.27. The second-order valence-corrected chi connectivity index (χ2v) is 8.08. The number of alkyl halides is 3. The van der Waals surface area contributed by atoms with Crippen molar-refractivity contribution in [3.63, 3.8) is 0 Å². The average molecular weight is 493 g/mol. The summed E-state index contributed by atoms with van der Waals surface area (Å²) in [5.74, 6) is -0.492. The minimum absolute atomic E-state index is 0.164. The quantitative estimate of drug-likeness (QED) is 0.404. The fourth-order valence-electron chi connectivity index (χ4n) is 3.49. The van der Waals surface area contributed by atoms with Crippen LogP contribution in [-0.2, 0) is 0 Å². The molecule has 4 rings (SSSR count). The van der Waals surface area contributed by atoms with Gasteiger partial charge in [-0.15, -0.1) is 8.78 Å². The maximum Gasteiger partial charge on any atom is 0.487 e. The van der Waals surface area contributed by atoms with Crippen molar-refractivity contribution in [1.29, 1.82) is 0 Å². The smallest absolute Gasteiger partial charge is 0.420 e. The number of anilines is 4. The maximum atomic E-state index is 13.3. The SMILES string of the molecule is O=C(Nc1ccc(OC(F)(F)Cl)cc1)c1cnc(N2CCC(O)C2)c(Nc2ccc(F)cc2)c1. The first-order valence-corrected chi connectivity index (χ1v) is 10.7. The van der Waals surface area contributed by atoms with E-state index < -0.39 is 17.6 Å². The number of hydrogen-bond acceptors (Lipinski definition) is 6. The molecule has 178 valence electrons. The summed E-state index contributed by atoms with van der Waals surface area (Å²) in [6, 6.07) is 12.6. The summed E-state index contributed by atoms with van der Waals surface area (Å²) in [5.41, 5.74) is -2.18. The molecule has 0 radical (unpaired) electrons. The van der Waals surface area contributed by atoms with Crippen LogP contribution in [0.3, 0.4) is 0 Å². The van der Waals surface area contributed by atoms with Crippen LogP contribution in [0, 0.1) is 5.82 Å². The topological polar surface area (TPSA) is 86.7 Å². The molecule has 2 aromatic carbocycles. The Kier molecular flexibility index (Phi) is 6.80. The van der Waals surface area contributed by atoms with E-state index in [2.05, 4.69) is 20.4 Å². The van der Waals surface area contributed by atoms with Gasteiger partial charge in [-0.2, -0.15) is 0 Å². The van der Waals surface area contributed by atoms with E-state index in [0.717, 1.165) is 0 Å². The molecule has 1 atom stereocenters. The lowest BCUT2D eigenvalue weighted by atomic mass is 10.2. The molecule has 1 fully saturated rings. The zero-order valence-electron chi connectivity index (χ0n) is 17.6. The molecule has 0 bridgehead atoms.